The van der Waals surface area contributed by atoms with Crippen LogP contribution in [0, 0.1) is 5.82 Å². The number of nitrogens with zero attached hydrogens (tertiary/aromatic N) is 4. The normalized spacial score (nSPS) is 11.2. The van der Waals surface area contributed by atoms with E-state index >= 15 is 0 Å². The first-order chi connectivity index (χ1) is 10.7. The molecule has 0 bridgehead atoms. The van der Waals surface area contributed by atoms with Gasteiger partial charge < -0.3 is 0 Å². The Balaban J connectivity index is 1.57. The molecule has 0 aliphatic carbocycles. The van der Waals surface area contributed by atoms with Gasteiger partial charge in [-0.1, -0.05) is 12.1 Å². The first-order valence-electron chi connectivity index (χ1n) is 7.02. The van der Waals surface area contributed by atoms with Gasteiger partial charge in [-0.2, -0.15) is 5.10 Å². The average molecular weight is 316 g/mol. The summed E-state index contributed by atoms with van der Waals surface area (Å²) in [6.45, 7) is 2.31. The molecule has 0 radical (unpaired) electrons. The smallest absolute Gasteiger partial charge is 0.123 e. The molecule has 22 heavy (non-hydrogen) atoms. The zero-order valence-corrected chi connectivity index (χ0v) is 13.1. The SMILES string of the molecule is CN(Cc1cnn(Cc2ccc(F)cc2)c1)Cc1nccs1. The zero-order valence-electron chi connectivity index (χ0n) is 12.3. The third kappa shape index (κ3) is 3.99. The quantitative estimate of drug-likeness (QED) is 0.700. The van der Waals surface area contributed by atoms with Crippen LogP contribution in [0.25, 0.3) is 0 Å². The molecule has 0 saturated heterocycles. The van der Waals surface area contributed by atoms with Gasteiger partial charge in [0.05, 0.1) is 19.3 Å². The fourth-order valence-corrected chi connectivity index (χ4v) is 2.98. The highest BCUT2D eigenvalue weighted by Gasteiger charge is 2.06. The molecule has 0 atom stereocenters. The summed E-state index contributed by atoms with van der Waals surface area (Å²) in [5, 5.41) is 7.47. The summed E-state index contributed by atoms with van der Waals surface area (Å²) in [6, 6.07) is 6.51. The van der Waals surface area contributed by atoms with E-state index in [-0.39, 0.29) is 5.82 Å². The number of halogens is 1. The third-order valence-electron chi connectivity index (χ3n) is 3.29. The molecule has 0 amide bonds. The molecule has 2 aromatic heterocycles. The first-order valence-corrected chi connectivity index (χ1v) is 7.90. The highest BCUT2D eigenvalue weighted by molar-refractivity contribution is 7.09. The van der Waals surface area contributed by atoms with Crippen LogP contribution >= 0.6 is 11.3 Å². The number of thiazole rings is 1. The number of aromatic nitrogens is 3. The summed E-state index contributed by atoms with van der Waals surface area (Å²) in [4.78, 5) is 6.50. The molecule has 0 fully saturated rings. The van der Waals surface area contributed by atoms with Gasteiger partial charge in [0.1, 0.15) is 10.8 Å². The molecule has 2 heterocycles. The van der Waals surface area contributed by atoms with E-state index in [2.05, 4.69) is 22.0 Å². The van der Waals surface area contributed by atoms with Crippen LogP contribution < -0.4 is 0 Å². The van der Waals surface area contributed by atoms with Gasteiger partial charge in [-0.3, -0.25) is 9.58 Å². The molecule has 4 nitrogen and oxygen atoms in total. The van der Waals surface area contributed by atoms with Crippen LogP contribution in [-0.4, -0.2) is 26.7 Å². The summed E-state index contributed by atoms with van der Waals surface area (Å²) in [6.07, 6.45) is 5.73. The van der Waals surface area contributed by atoms with Crippen LogP contribution in [0.3, 0.4) is 0 Å². The highest BCUT2D eigenvalue weighted by atomic mass is 32.1. The Morgan fingerprint density at radius 1 is 1.18 bits per heavy atom. The standard InChI is InChI=1S/C16H17FN4S/c1-20(12-16-18-6-7-22-16)9-14-8-19-21(11-14)10-13-2-4-15(17)5-3-13/h2-8,11H,9-10,12H2,1H3. The van der Waals surface area contributed by atoms with E-state index in [1.807, 2.05) is 28.7 Å². The Labute approximate surface area is 132 Å². The second-order valence-electron chi connectivity index (χ2n) is 5.27. The predicted molar refractivity (Wildman–Crippen MR) is 85.0 cm³/mol. The molecule has 114 valence electrons. The van der Waals surface area contributed by atoms with Crippen molar-refractivity contribution >= 4 is 11.3 Å². The molecule has 0 saturated carbocycles. The third-order valence-corrected chi connectivity index (χ3v) is 4.05. The van der Waals surface area contributed by atoms with E-state index in [9.17, 15) is 4.39 Å². The summed E-state index contributed by atoms with van der Waals surface area (Å²) >= 11 is 1.67. The lowest BCUT2D eigenvalue weighted by Gasteiger charge is -2.13. The van der Waals surface area contributed by atoms with Gasteiger partial charge >= 0.3 is 0 Å². The predicted octanol–water partition coefficient (Wildman–Crippen LogP) is 3.16. The molecule has 6 heteroatoms. The summed E-state index contributed by atoms with van der Waals surface area (Å²) < 4.78 is 14.8. The van der Waals surface area contributed by atoms with E-state index in [1.54, 1.807) is 23.5 Å². The van der Waals surface area contributed by atoms with Crippen molar-refractivity contribution in [1.82, 2.24) is 19.7 Å². The fraction of sp³-hybridized carbons (Fsp3) is 0.250. The highest BCUT2D eigenvalue weighted by Crippen LogP contribution is 2.11. The number of hydrogen-bond acceptors (Lipinski definition) is 4. The van der Waals surface area contributed by atoms with Crippen molar-refractivity contribution in [3.05, 3.63) is 70.2 Å². The Bertz CT molecular complexity index is 706. The summed E-state index contributed by atoms with van der Waals surface area (Å²) in [5.41, 5.74) is 2.19. The van der Waals surface area contributed by atoms with Crippen molar-refractivity contribution in [3.8, 4) is 0 Å². The molecular formula is C16H17FN4S. The lowest BCUT2D eigenvalue weighted by atomic mass is 10.2. The molecule has 3 aromatic rings. The molecule has 0 spiro atoms. The lowest BCUT2D eigenvalue weighted by Crippen LogP contribution is -2.16. The van der Waals surface area contributed by atoms with Crippen LogP contribution in [0.4, 0.5) is 4.39 Å². The van der Waals surface area contributed by atoms with Crippen molar-refractivity contribution in [2.75, 3.05) is 7.05 Å². The van der Waals surface area contributed by atoms with Crippen LogP contribution in [0.15, 0.2) is 48.2 Å². The van der Waals surface area contributed by atoms with Gasteiger partial charge in [0.2, 0.25) is 0 Å². The Morgan fingerprint density at radius 3 is 2.73 bits per heavy atom. The second kappa shape index (κ2) is 6.81. The summed E-state index contributed by atoms with van der Waals surface area (Å²) in [5.74, 6) is -0.214. The van der Waals surface area contributed by atoms with Crippen molar-refractivity contribution < 1.29 is 4.39 Å². The van der Waals surface area contributed by atoms with Crippen molar-refractivity contribution in [2.24, 2.45) is 0 Å². The fourth-order valence-electron chi connectivity index (χ4n) is 2.28. The van der Waals surface area contributed by atoms with Crippen molar-refractivity contribution in [1.29, 1.82) is 0 Å². The minimum atomic E-state index is -0.214. The maximum absolute atomic E-state index is 12.9. The van der Waals surface area contributed by atoms with E-state index in [0.29, 0.717) is 6.54 Å². The zero-order chi connectivity index (χ0) is 15.4. The van der Waals surface area contributed by atoms with E-state index in [4.69, 9.17) is 0 Å². The molecule has 1 aromatic carbocycles. The van der Waals surface area contributed by atoms with Gasteiger partial charge in [0.25, 0.3) is 0 Å². The molecule has 0 N–H and O–H groups in total. The van der Waals surface area contributed by atoms with E-state index < -0.39 is 0 Å². The maximum Gasteiger partial charge on any atom is 0.123 e. The minimum Gasteiger partial charge on any atom is -0.295 e. The van der Waals surface area contributed by atoms with Gasteiger partial charge in [0.15, 0.2) is 0 Å². The molecule has 0 aliphatic heterocycles. The van der Waals surface area contributed by atoms with E-state index in [0.717, 1.165) is 29.2 Å². The Hall–Kier alpha value is -2.05. The topological polar surface area (TPSA) is 34.0 Å². The number of hydrogen-bond donors (Lipinski definition) is 0. The number of rotatable bonds is 6. The maximum atomic E-state index is 12.9. The van der Waals surface area contributed by atoms with Gasteiger partial charge in [-0.15, -0.1) is 11.3 Å². The molecule has 3 rings (SSSR count). The van der Waals surface area contributed by atoms with Crippen LogP contribution in [0.5, 0.6) is 0 Å². The van der Waals surface area contributed by atoms with Gasteiger partial charge in [0, 0.05) is 29.9 Å². The molecule has 0 aliphatic rings. The van der Waals surface area contributed by atoms with Crippen LogP contribution in [-0.2, 0) is 19.6 Å². The lowest BCUT2D eigenvalue weighted by molar-refractivity contribution is 0.318. The monoisotopic (exact) mass is 316 g/mol. The molecule has 0 unspecified atom stereocenters. The summed E-state index contributed by atoms with van der Waals surface area (Å²) in [7, 11) is 2.07. The average Bonchev–Trinajstić information content (AvgIpc) is 3.14. The second-order valence-corrected chi connectivity index (χ2v) is 6.25. The first kappa shape index (κ1) is 14.9. The Kier molecular flexibility index (Phi) is 4.60. The van der Waals surface area contributed by atoms with Gasteiger partial charge in [-0.25, -0.2) is 9.37 Å². The largest absolute Gasteiger partial charge is 0.295 e. The van der Waals surface area contributed by atoms with Crippen LogP contribution in [0.1, 0.15) is 16.1 Å². The van der Waals surface area contributed by atoms with Crippen molar-refractivity contribution in [2.45, 2.75) is 19.6 Å². The number of benzene rings is 1. The van der Waals surface area contributed by atoms with Crippen LogP contribution in [0.2, 0.25) is 0 Å². The molecular weight excluding hydrogens is 299 g/mol. The Morgan fingerprint density at radius 2 is 2.00 bits per heavy atom. The van der Waals surface area contributed by atoms with E-state index in [1.165, 1.54) is 12.1 Å². The van der Waals surface area contributed by atoms with Crippen molar-refractivity contribution in [3.63, 3.8) is 0 Å². The minimum absolute atomic E-state index is 0.214. The van der Waals surface area contributed by atoms with Gasteiger partial charge in [-0.05, 0) is 24.7 Å².